The van der Waals surface area contributed by atoms with Crippen LogP contribution in [0.2, 0.25) is 0 Å². The molecule has 0 saturated carbocycles. The summed E-state index contributed by atoms with van der Waals surface area (Å²) in [6, 6.07) is 10.7. The average molecular weight is 351 g/mol. The maximum atomic E-state index is 12.6. The zero-order valence-corrected chi connectivity index (χ0v) is 12.7. The fourth-order valence-electron chi connectivity index (χ4n) is 2.35. The Morgan fingerprint density at radius 1 is 1.12 bits per heavy atom. The van der Waals surface area contributed by atoms with E-state index in [0.29, 0.717) is 11.1 Å². The number of alkyl halides is 3. The molecule has 130 valence electrons. The quantitative estimate of drug-likeness (QED) is 0.532. The topological polar surface area (TPSA) is 61.4 Å². The molecule has 5 nitrogen and oxygen atoms in total. The summed E-state index contributed by atoms with van der Waals surface area (Å²) < 4.78 is 49.1. The molecule has 0 aliphatic heterocycles. The molecule has 0 bridgehead atoms. The van der Waals surface area contributed by atoms with Crippen LogP contribution in [0, 0.1) is 0 Å². The molecule has 3 aromatic rings. The van der Waals surface area contributed by atoms with Crippen molar-refractivity contribution in [1.29, 1.82) is 0 Å². The molecule has 0 amide bonds. The van der Waals surface area contributed by atoms with Crippen LogP contribution in [0.25, 0.3) is 11.1 Å². The summed E-state index contributed by atoms with van der Waals surface area (Å²) in [6.45, 7) is -0.00631. The zero-order chi connectivity index (χ0) is 18.0. The van der Waals surface area contributed by atoms with E-state index in [9.17, 15) is 22.8 Å². The third-order valence-corrected chi connectivity index (χ3v) is 3.51. The third kappa shape index (κ3) is 3.73. The number of hydrogen-bond donors (Lipinski definition) is 0. The predicted molar refractivity (Wildman–Crippen MR) is 82.2 cm³/mol. The van der Waals surface area contributed by atoms with Crippen LogP contribution < -0.4 is 10.5 Å². The van der Waals surface area contributed by atoms with Crippen LogP contribution in [-0.2, 0) is 17.5 Å². The number of rotatable bonds is 4. The summed E-state index contributed by atoms with van der Waals surface area (Å²) in [7, 11) is 0. The monoisotopic (exact) mass is 351 g/mol. The Morgan fingerprint density at radius 2 is 1.88 bits per heavy atom. The second kappa shape index (κ2) is 6.46. The number of halogens is 3. The number of nitrogens with zero attached hydrogens (tertiary/aromatic N) is 1. The van der Waals surface area contributed by atoms with Crippen LogP contribution >= 0.6 is 0 Å². The van der Waals surface area contributed by atoms with E-state index < -0.39 is 23.5 Å². The Kier molecular flexibility index (Phi) is 4.35. The number of carbonyl (C=O) groups is 1. The molecule has 0 saturated heterocycles. The second-order valence-electron chi connectivity index (χ2n) is 5.24. The molecule has 0 radical (unpaired) electrons. The summed E-state index contributed by atoms with van der Waals surface area (Å²) >= 11 is 0. The lowest BCUT2D eigenvalue weighted by molar-refractivity contribution is -0.139. The van der Waals surface area contributed by atoms with Gasteiger partial charge in [-0.25, -0.2) is 4.79 Å². The van der Waals surface area contributed by atoms with Crippen molar-refractivity contribution >= 4 is 17.1 Å². The van der Waals surface area contributed by atoms with Gasteiger partial charge in [-0.2, -0.15) is 13.2 Å². The Balaban J connectivity index is 1.69. The van der Waals surface area contributed by atoms with Crippen molar-refractivity contribution < 1.29 is 27.1 Å². The second-order valence-corrected chi connectivity index (χ2v) is 5.24. The van der Waals surface area contributed by atoms with Crippen molar-refractivity contribution in [3.8, 4) is 5.75 Å². The van der Waals surface area contributed by atoms with Gasteiger partial charge in [-0.3, -0.25) is 9.36 Å². The summed E-state index contributed by atoms with van der Waals surface area (Å²) in [4.78, 5) is 23.7. The van der Waals surface area contributed by atoms with Crippen molar-refractivity contribution in [3.05, 3.63) is 64.6 Å². The standard InChI is InChI=1S/C17H12F3NO4/c18-17(19,20)11-4-3-5-12(10-11)24-15(22)8-9-21-13-6-1-2-7-14(13)25-16(21)23/h1-7,10H,8-9H2. The van der Waals surface area contributed by atoms with Gasteiger partial charge in [0.1, 0.15) is 5.75 Å². The maximum absolute atomic E-state index is 12.6. The fraction of sp³-hybridized carbons (Fsp3) is 0.176. The van der Waals surface area contributed by atoms with Crippen molar-refractivity contribution in [2.45, 2.75) is 19.1 Å². The lowest BCUT2D eigenvalue weighted by Gasteiger charge is -2.09. The molecule has 8 heteroatoms. The minimum atomic E-state index is -4.52. The van der Waals surface area contributed by atoms with Crippen LogP contribution in [0.5, 0.6) is 5.75 Å². The summed E-state index contributed by atoms with van der Waals surface area (Å²) in [5.41, 5.74) is 0.00737. The first kappa shape index (κ1) is 16.8. The van der Waals surface area contributed by atoms with Gasteiger partial charge in [-0.1, -0.05) is 18.2 Å². The number of fused-ring (bicyclic) bond motifs is 1. The van der Waals surface area contributed by atoms with Crippen LogP contribution in [-0.4, -0.2) is 10.5 Å². The molecule has 0 fully saturated rings. The van der Waals surface area contributed by atoms with Crippen LogP contribution in [0.3, 0.4) is 0 Å². The Bertz CT molecular complexity index is 972. The van der Waals surface area contributed by atoms with E-state index in [1.807, 2.05) is 0 Å². The minimum absolute atomic E-state index is 0.00631. The van der Waals surface area contributed by atoms with Crippen molar-refractivity contribution in [2.75, 3.05) is 0 Å². The number of hydrogen-bond acceptors (Lipinski definition) is 4. The van der Waals surface area contributed by atoms with E-state index in [0.717, 1.165) is 18.2 Å². The van der Waals surface area contributed by atoms with Crippen LogP contribution in [0.4, 0.5) is 13.2 Å². The average Bonchev–Trinajstić information content (AvgIpc) is 2.87. The number of oxazole rings is 1. The molecule has 0 spiro atoms. The van der Waals surface area contributed by atoms with Gasteiger partial charge >= 0.3 is 17.9 Å². The number of aromatic nitrogens is 1. The first-order valence-corrected chi connectivity index (χ1v) is 7.31. The molecule has 25 heavy (non-hydrogen) atoms. The number of ether oxygens (including phenoxy) is 1. The highest BCUT2D eigenvalue weighted by molar-refractivity contribution is 5.74. The van der Waals surface area contributed by atoms with E-state index >= 15 is 0 Å². The van der Waals surface area contributed by atoms with E-state index in [1.54, 1.807) is 24.3 Å². The largest absolute Gasteiger partial charge is 0.426 e. The predicted octanol–water partition coefficient (Wildman–Crippen LogP) is 3.61. The highest BCUT2D eigenvalue weighted by Gasteiger charge is 2.30. The number of para-hydroxylation sites is 2. The van der Waals surface area contributed by atoms with E-state index in [1.165, 1.54) is 10.6 Å². The van der Waals surface area contributed by atoms with Gasteiger partial charge in [-0.15, -0.1) is 0 Å². The van der Waals surface area contributed by atoms with E-state index in [2.05, 4.69) is 0 Å². The van der Waals surface area contributed by atoms with Crippen molar-refractivity contribution in [3.63, 3.8) is 0 Å². The molecule has 0 atom stereocenters. The van der Waals surface area contributed by atoms with Gasteiger partial charge in [0.15, 0.2) is 5.58 Å². The van der Waals surface area contributed by atoms with Gasteiger partial charge in [0.2, 0.25) is 0 Å². The maximum Gasteiger partial charge on any atom is 0.419 e. The molecule has 2 aromatic carbocycles. The van der Waals surface area contributed by atoms with E-state index in [-0.39, 0.29) is 18.7 Å². The smallest absolute Gasteiger partial charge is 0.419 e. The number of carbonyl (C=O) groups excluding carboxylic acids is 1. The molecule has 0 aliphatic carbocycles. The van der Waals surface area contributed by atoms with Crippen LogP contribution in [0.1, 0.15) is 12.0 Å². The van der Waals surface area contributed by atoms with Gasteiger partial charge in [0.25, 0.3) is 0 Å². The van der Waals surface area contributed by atoms with Gasteiger partial charge in [0.05, 0.1) is 17.5 Å². The Morgan fingerprint density at radius 3 is 2.64 bits per heavy atom. The highest BCUT2D eigenvalue weighted by Crippen LogP contribution is 2.31. The lowest BCUT2D eigenvalue weighted by Crippen LogP contribution is -2.18. The van der Waals surface area contributed by atoms with Gasteiger partial charge in [-0.05, 0) is 30.3 Å². The molecular formula is C17H12F3NO4. The normalized spacial score (nSPS) is 11.6. The van der Waals surface area contributed by atoms with Crippen molar-refractivity contribution in [2.24, 2.45) is 0 Å². The summed E-state index contributed by atoms with van der Waals surface area (Å²) in [5.74, 6) is -1.58. The van der Waals surface area contributed by atoms with E-state index in [4.69, 9.17) is 9.15 Å². The fourth-order valence-corrected chi connectivity index (χ4v) is 2.35. The van der Waals surface area contributed by atoms with Crippen molar-refractivity contribution in [1.82, 2.24) is 4.57 Å². The van der Waals surface area contributed by atoms with Crippen LogP contribution in [0.15, 0.2) is 57.7 Å². The number of benzene rings is 2. The molecule has 0 aliphatic rings. The number of aryl methyl sites for hydroxylation is 1. The highest BCUT2D eigenvalue weighted by atomic mass is 19.4. The molecule has 3 rings (SSSR count). The first-order chi connectivity index (χ1) is 11.8. The van der Waals surface area contributed by atoms with Gasteiger partial charge < -0.3 is 9.15 Å². The summed E-state index contributed by atoms with van der Waals surface area (Å²) in [6.07, 6.45) is -4.72. The molecule has 0 N–H and O–H groups in total. The molecule has 1 heterocycles. The zero-order valence-electron chi connectivity index (χ0n) is 12.7. The summed E-state index contributed by atoms with van der Waals surface area (Å²) in [5, 5.41) is 0. The molecular weight excluding hydrogens is 339 g/mol. The Hall–Kier alpha value is -3.03. The number of esters is 1. The SMILES string of the molecule is O=C(CCn1c(=O)oc2ccccc21)Oc1cccc(C(F)(F)F)c1. The van der Waals surface area contributed by atoms with Gasteiger partial charge in [0, 0.05) is 6.54 Å². The Labute approximate surface area is 139 Å². The molecule has 0 unspecified atom stereocenters. The minimum Gasteiger partial charge on any atom is -0.426 e. The first-order valence-electron chi connectivity index (χ1n) is 7.31. The lowest BCUT2D eigenvalue weighted by atomic mass is 10.2. The third-order valence-electron chi connectivity index (χ3n) is 3.51. The molecule has 1 aromatic heterocycles.